The molecular weight excluding hydrogens is 314 g/mol. The van der Waals surface area contributed by atoms with Crippen molar-refractivity contribution in [2.45, 2.75) is 6.54 Å². The molecule has 0 saturated heterocycles. The maximum atomic E-state index is 5.26. The first-order chi connectivity index (χ1) is 10.8. The van der Waals surface area contributed by atoms with Gasteiger partial charge >= 0.3 is 0 Å². The van der Waals surface area contributed by atoms with Crippen molar-refractivity contribution >= 4 is 34.6 Å². The van der Waals surface area contributed by atoms with Crippen LogP contribution >= 0.6 is 23.6 Å². The molecule has 5 nitrogen and oxygen atoms in total. The molecule has 0 spiro atoms. The fourth-order valence-electron chi connectivity index (χ4n) is 1.81. The van der Waals surface area contributed by atoms with Gasteiger partial charge in [0.1, 0.15) is 0 Å². The Morgan fingerprint density at radius 3 is 2.91 bits per heavy atom. The molecule has 0 bridgehead atoms. The standard InChI is InChI=1S/C15H13N5S2/c21-15(18-10-11-3-1-6-16-9-11)20-14-17-7-5-12(19-14)13-4-2-8-22-13/h1-9H,10H2,(H2,17,18,19,20,21). The second kappa shape index (κ2) is 7.06. The Bertz CT molecular complexity index is 744. The van der Waals surface area contributed by atoms with E-state index in [4.69, 9.17) is 12.2 Å². The van der Waals surface area contributed by atoms with Crippen LogP contribution in [0.3, 0.4) is 0 Å². The number of nitrogens with zero attached hydrogens (tertiary/aromatic N) is 3. The van der Waals surface area contributed by atoms with E-state index < -0.39 is 0 Å². The van der Waals surface area contributed by atoms with E-state index in [-0.39, 0.29) is 0 Å². The molecule has 0 aliphatic rings. The molecule has 110 valence electrons. The molecule has 3 aromatic rings. The Hall–Kier alpha value is -2.38. The van der Waals surface area contributed by atoms with E-state index in [0.717, 1.165) is 16.1 Å². The molecule has 0 aromatic carbocycles. The lowest BCUT2D eigenvalue weighted by molar-refractivity contribution is 0.914. The van der Waals surface area contributed by atoms with Crippen LogP contribution in [0, 0.1) is 0 Å². The summed E-state index contributed by atoms with van der Waals surface area (Å²) < 4.78 is 0. The molecule has 22 heavy (non-hydrogen) atoms. The monoisotopic (exact) mass is 327 g/mol. The van der Waals surface area contributed by atoms with Gasteiger partial charge in [0.15, 0.2) is 5.11 Å². The first kappa shape index (κ1) is 14.6. The van der Waals surface area contributed by atoms with Gasteiger partial charge in [0.25, 0.3) is 0 Å². The van der Waals surface area contributed by atoms with Crippen molar-refractivity contribution in [3.8, 4) is 10.6 Å². The summed E-state index contributed by atoms with van der Waals surface area (Å²) in [4.78, 5) is 13.8. The van der Waals surface area contributed by atoms with Crippen molar-refractivity contribution in [3.05, 3.63) is 59.9 Å². The number of hydrogen-bond acceptors (Lipinski definition) is 5. The van der Waals surface area contributed by atoms with Gasteiger partial charge in [-0.25, -0.2) is 9.97 Å². The average molecular weight is 327 g/mol. The van der Waals surface area contributed by atoms with Crippen molar-refractivity contribution in [1.82, 2.24) is 20.3 Å². The van der Waals surface area contributed by atoms with Crippen LogP contribution in [0.5, 0.6) is 0 Å². The number of aromatic nitrogens is 3. The summed E-state index contributed by atoms with van der Waals surface area (Å²) in [6.45, 7) is 0.601. The maximum Gasteiger partial charge on any atom is 0.229 e. The molecule has 0 radical (unpaired) electrons. The molecule has 0 unspecified atom stereocenters. The van der Waals surface area contributed by atoms with Gasteiger partial charge in [-0.05, 0) is 41.4 Å². The minimum absolute atomic E-state index is 0.479. The largest absolute Gasteiger partial charge is 0.358 e. The van der Waals surface area contributed by atoms with Crippen molar-refractivity contribution in [3.63, 3.8) is 0 Å². The highest BCUT2D eigenvalue weighted by Gasteiger charge is 2.04. The van der Waals surface area contributed by atoms with E-state index >= 15 is 0 Å². The molecule has 0 amide bonds. The quantitative estimate of drug-likeness (QED) is 0.718. The summed E-state index contributed by atoms with van der Waals surface area (Å²) in [5.74, 6) is 0.481. The summed E-state index contributed by atoms with van der Waals surface area (Å²) in [6, 6.07) is 9.77. The normalized spacial score (nSPS) is 10.2. The fourth-order valence-corrected chi connectivity index (χ4v) is 2.67. The van der Waals surface area contributed by atoms with Gasteiger partial charge in [-0.2, -0.15) is 0 Å². The predicted molar refractivity (Wildman–Crippen MR) is 92.6 cm³/mol. The van der Waals surface area contributed by atoms with E-state index in [1.165, 1.54) is 0 Å². The number of thiocarbonyl (C=S) groups is 1. The summed E-state index contributed by atoms with van der Waals surface area (Å²) in [6.07, 6.45) is 5.25. The molecule has 3 aromatic heterocycles. The van der Waals surface area contributed by atoms with Crippen LogP contribution < -0.4 is 10.6 Å². The third kappa shape index (κ3) is 3.84. The van der Waals surface area contributed by atoms with E-state index in [2.05, 4.69) is 25.6 Å². The van der Waals surface area contributed by atoms with Gasteiger partial charge in [-0.1, -0.05) is 12.1 Å². The number of rotatable bonds is 4. The van der Waals surface area contributed by atoms with Crippen molar-refractivity contribution in [2.24, 2.45) is 0 Å². The highest BCUT2D eigenvalue weighted by Crippen LogP contribution is 2.22. The molecule has 3 rings (SSSR count). The van der Waals surface area contributed by atoms with Crippen LogP contribution in [-0.4, -0.2) is 20.1 Å². The Morgan fingerprint density at radius 2 is 2.14 bits per heavy atom. The lowest BCUT2D eigenvalue weighted by Gasteiger charge is -2.09. The molecule has 0 aliphatic heterocycles. The maximum absolute atomic E-state index is 5.26. The molecule has 0 atom stereocenters. The zero-order valence-corrected chi connectivity index (χ0v) is 13.2. The fraction of sp³-hybridized carbons (Fsp3) is 0.0667. The van der Waals surface area contributed by atoms with Gasteiger partial charge in [-0.15, -0.1) is 11.3 Å². The molecule has 0 aliphatic carbocycles. The summed E-state index contributed by atoms with van der Waals surface area (Å²) in [7, 11) is 0. The Kier molecular flexibility index (Phi) is 4.67. The second-order valence-corrected chi connectivity index (χ2v) is 5.77. The number of nitrogens with one attached hydrogen (secondary N) is 2. The lowest BCUT2D eigenvalue weighted by atomic mass is 10.3. The first-order valence-electron chi connectivity index (χ1n) is 6.62. The molecule has 7 heteroatoms. The SMILES string of the molecule is S=C(NCc1cccnc1)Nc1nccc(-c2cccs2)n1. The second-order valence-electron chi connectivity index (χ2n) is 4.41. The minimum Gasteiger partial charge on any atom is -0.358 e. The van der Waals surface area contributed by atoms with Crippen LogP contribution in [-0.2, 0) is 6.54 Å². The molecular formula is C15H13N5S2. The number of hydrogen-bond donors (Lipinski definition) is 2. The van der Waals surface area contributed by atoms with Crippen molar-refractivity contribution in [2.75, 3.05) is 5.32 Å². The Labute approximate surface area is 137 Å². The van der Waals surface area contributed by atoms with Crippen LogP contribution in [0.2, 0.25) is 0 Å². The highest BCUT2D eigenvalue weighted by atomic mass is 32.1. The predicted octanol–water partition coefficient (Wildman–Crippen LogP) is 3.09. The van der Waals surface area contributed by atoms with E-state index in [0.29, 0.717) is 17.6 Å². The van der Waals surface area contributed by atoms with Crippen LogP contribution in [0.25, 0.3) is 10.6 Å². The third-order valence-corrected chi connectivity index (χ3v) is 3.97. The van der Waals surface area contributed by atoms with Gasteiger partial charge in [0, 0.05) is 25.1 Å². The van der Waals surface area contributed by atoms with Crippen molar-refractivity contribution < 1.29 is 0 Å². The summed E-state index contributed by atoms with van der Waals surface area (Å²) in [5, 5.41) is 8.60. The molecule has 2 N–H and O–H groups in total. The zero-order chi connectivity index (χ0) is 15.2. The summed E-state index contributed by atoms with van der Waals surface area (Å²) >= 11 is 6.90. The van der Waals surface area contributed by atoms with Crippen molar-refractivity contribution in [1.29, 1.82) is 0 Å². The molecule has 3 heterocycles. The smallest absolute Gasteiger partial charge is 0.229 e. The zero-order valence-electron chi connectivity index (χ0n) is 11.6. The Balaban J connectivity index is 1.61. The van der Waals surface area contributed by atoms with Crippen LogP contribution in [0.4, 0.5) is 5.95 Å². The van der Waals surface area contributed by atoms with Crippen LogP contribution in [0.15, 0.2) is 54.3 Å². The van der Waals surface area contributed by atoms with E-state index in [1.807, 2.05) is 35.7 Å². The van der Waals surface area contributed by atoms with Gasteiger partial charge in [0.2, 0.25) is 5.95 Å². The first-order valence-corrected chi connectivity index (χ1v) is 7.91. The van der Waals surface area contributed by atoms with Gasteiger partial charge in [0.05, 0.1) is 10.6 Å². The topological polar surface area (TPSA) is 62.7 Å². The van der Waals surface area contributed by atoms with Gasteiger partial charge in [-0.3, -0.25) is 4.98 Å². The van der Waals surface area contributed by atoms with Gasteiger partial charge < -0.3 is 10.6 Å². The average Bonchev–Trinajstić information content (AvgIpc) is 3.09. The lowest BCUT2D eigenvalue weighted by Crippen LogP contribution is -2.28. The third-order valence-electron chi connectivity index (χ3n) is 2.83. The van der Waals surface area contributed by atoms with E-state index in [1.54, 1.807) is 29.9 Å². The Morgan fingerprint density at radius 1 is 1.18 bits per heavy atom. The molecule has 0 fully saturated rings. The van der Waals surface area contributed by atoms with Crippen LogP contribution in [0.1, 0.15) is 5.56 Å². The minimum atomic E-state index is 0.479. The number of anilines is 1. The summed E-state index contributed by atoms with van der Waals surface area (Å²) in [5.41, 5.74) is 1.93. The molecule has 0 saturated carbocycles. The van der Waals surface area contributed by atoms with E-state index in [9.17, 15) is 0 Å². The number of pyridine rings is 1. The highest BCUT2D eigenvalue weighted by molar-refractivity contribution is 7.80. The number of thiophene rings is 1.